The van der Waals surface area contributed by atoms with E-state index in [0.717, 1.165) is 0 Å². The van der Waals surface area contributed by atoms with Crippen molar-refractivity contribution in [2.75, 3.05) is 6.54 Å². The van der Waals surface area contributed by atoms with Crippen LogP contribution in [0.15, 0.2) is 12.7 Å². The molecule has 0 amide bonds. The van der Waals surface area contributed by atoms with Crippen LogP contribution in [0.25, 0.3) is 0 Å². The summed E-state index contributed by atoms with van der Waals surface area (Å²) in [5.41, 5.74) is 4.91. The molecule has 38 heavy (non-hydrogen) atoms. The fraction of sp³-hybridized carbons (Fsp3) is 0.867. The zero-order chi connectivity index (χ0) is 31.8. The van der Waals surface area contributed by atoms with Crippen molar-refractivity contribution in [1.82, 2.24) is 0 Å². The number of alkyl halides is 18. The number of rotatable bonds is 12. The summed E-state index contributed by atoms with van der Waals surface area (Å²) in [6.07, 6.45) is -2.16. The number of halogens is 18. The van der Waals surface area contributed by atoms with Crippen LogP contribution in [0.3, 0.4) is 0 Å². The summed E-state index contributed by atoms with van der Waals surface area (Å²) < 4.78 is 267. The maximum Gasteiger partial charge on any atom is 0.438 e. The summed E-state index contributed by atoms with van der Waals surface area (Å²) >= 11 is 0. The van der Waals surface area contributed by atoms with Crippen molar-refractivity contribution in [2.45, 2.75) is 72.4 Å². The van der Waals surface area contributed by atoms with Gasteiger partial charge in [-0.05, 0) is 0 Å². The highest BCUT2D eigenvalue weighted by molar-refractivity contribution is 7.87. The molecule has 23 heteroatoms. The van der Waals surface area contributed by atoms with E-state index in [9.17, 15) is 87.4 Å². The Morgan fingerprint density at radius 3 is 1.08 bits per heavy atom. The van der Waals surface area contributed by atoms with Crippen LogP contribution in [-0.2, 0) is 10.1 Å². The molecule has 0 aromatic heterocycles. The Balaban J connectivity index is 0. The molecule has 0 atom stereocenters. The molecule has 0 aliphatic heterocycles. The molecule has 0 aliphatic rings. The van der Waals surface area contributed by atoms with Gasteiger partial charge in [-0.2, -0.15) is 87.4 Å². The van der Waals surface area contributed by atoms with Gasteiger partial charge >= 0.3 is 62.8 Å². The summed E-state index contributed by atoms with van der Waals surface area (Å²) in [7, 11) is -7.96. The standard InChI is InChI=1S/C12H8F18O3S.C3H7N/c1-2-3-4(13,14)5(15,16)6(17,18)7(19,20)8(21,22)9(23,24)10(25,26)11(27,28)12(29,30)34(31,32)33;1-2-3-4/h2-3H2,1H3,(H,31,32,33);2H,1,3-4H2. The van der Waals surface area contributed by atoms with Gasteiger partial charge in [0.1, 0.15) is 0 Å². The molecule has 0 bridgehead atoms. The zero-order valence-electron chi connectivity index (χ0n) is 18.0. The summed E-state index contributed by atoms with van der Waals surface area (Å²) in [6.45, 7) is 4.44. The highest BCUT2D eigenvalue weighted by Crippen LogP contribution is 2.65. The van der Waals surface area contributed by atoms with Crippen LogP contribution < -0.4 is 5.73 Å². The van der Waals surface area contributed by atoms with Crippen LogP contribution in [-0.4, -0.2) is 72.2 Å². The molecule has 0 aromatic rings. The van der Waals surface area contributed by atoms with Gasteiger partial charge in [0.05, 0.1) is 0 Å². The van der Waals surface area contributed by atoms with E-state index in [2.05, 4.69) is 6.58 Å². The van der Waals surface area contributed by atoms with Crippen molar-refractivity contribution < 1.29 is 92.0 Å². The molecule has 0 aliphatic carbocycles. The fourth-order valence-electron chi connectivity index (χ4n) is 2.03. The van der Waals surface area contributed by atoms with E-state index in [0.29, 0.717) is 13.5 Å². The maximum atomic E-state index is 13.5. The summed E-state index contributed by atoms with van der Waals surface area (Å²) in [5.74, 6) is -66.9. The normalized spacial score (nSPS) is 15.6. The van der Waals surface area contributed by atoms with Gasteiger partial charge in [0, 0.05) is 13.0 Å². The van der Waals surface area contributed by atoms with Gasteiger partial charge in [-0.25, -0.2) is 0 Å². The molecule has 0 unspecified atom stereocenters. The average molecular weight is 631 g/mol. The molecule has 0 saturated heterocycles. The minimum atomic E-state index is -9.00. The lowest BCUT2D eigenvalue weighted by Gasteiger charge is -2.44. The van der Waals surface area contributed by atoms with Gasteiger partial charge in [0.25, 0.3) is 0 Å². The van der Waals surface area contributed by atoms with E-state index in [1.165, 1.54) is 0 Å². The van der Waals surface area contributed by atoms with Gasteiger partial charge in [-0.15, -0.1) is 6.58 Å². The van der Waals surface area contributed by atoms with Crippen molar-refractivity contribution in [1.29, 1.82) is 0 Å². The lowest BCUT2D eigenvalue weighted by atomic mass is 9.87. The number of nitrogens with two attached hydrogens (primary N) is 1. The summed E-state index contributed by atoms with van der Waals surface area (Å²) in [6, 6.07) is 0. The lowest BCUT2D eigenvalue weighted by molar-refractivity contribution is -0.459. The molecule has 230 valence electrons. The first-order valence-electron chi connectivity index (χ1n) is 8.91. The molecule has 0 rings (SSSR count). The Kier molecular flexibility index (Phi) is 10.9. The van der Waals surface area contributed by atoms with E-state index >= 15 is 0 Å². The van der Waals surface area contributed by atoms with Crippen LogP contribution in [0.5, 0.6) is 0 Å². The second kappa shape index (κ2) is 10.7. The quantitative estimate of drug-likeness (QED) is 0.147. The second-order valence-corrected chi connectivity index (χ2v) is 8.45. The van der Waals surface area contributed by atoms with Crippen molar-refractivity contribution in [3.05, 3.63) is 12.7 Å². The Morgan fingerprint density at radius 1 is 0.632 bits per heavy atom. The molecule has 0 aromatic carbocycles. The predicted octanol–water partition coefficient (Wildman–Crippen LogP) is 6.48. The third kappa shape index (κ3) is 5.37. The molecule has 0 saturated carbocycles. The minimum Gasteiger partial charge on any atom is -0.327 e. The second-order valence-electron chi connectivity index (χ2n) is 6.99. The van der Waals surface area contributed by atoms with Crippen LogP contribution in [0.4, 0.5) is 79.0 Å². The van der Waals surface area contributed by atoms with Crippen LogP contribution in [0.1, 0.15) is 19.8 Å². The van der Waals surface area contributed by atoms with Gasteiger partial charge in [0.15, 0.2) is 0 Å². The van der Waals surface area contributed by atoms with Crippen molar-refractivity contribution >= 4 is 10.1 Å². The summed E-state index contributed by atoms with van der Waals surface area (Å²) in [5, 5.41) is -7.90. The highest BCUT2D eigenvalue weighted by atomic mass is 32.2. The Hall–Kier alpha value is -1.65. The molecular formula is C15H15F18NO3S. The minimum absolute atomic E-state index is 0.501. The van der Waals surface area contributed by atoms with Crippen molar-refractivity contribution in [2.24, 2.45) is 5.73 Å². The molecule has 3 N–H and O–H groups in total. The fourth-order valence-corrected chi connectivity index (χ4v) is 2.48. The van der Waals surface area contributed by atoms with E-state index in [4.69, 9.17) is 10.3 Å². The largest absolute Gasteiger partial charge is 0.438 e. The topological polar surface area (TPSA) is 80.4 Å². The highest BCUT2D eigenvalue weighted by Gasteiger charge is 2.97. The predicted molar refractivity (Wildman–Crippen MR) is 90.2 cm³/mol. The van der Waals surface area contributed by atoms with Crippen molar-refractivity contribution in [3.8, 4) is 0 Å². The first-order chi connectivity index (χ1) is 16.2. The Labute approximate surface area is 200 Å². The maximum absolute atomic E-state index is 13.5. The molecule has 0 radical (unpaired) electrons. The van der Waals surface area contributed by atoms with Gasteiger partial charge in [-0.1, -0.05) is 19.4 Å². The molecule has 4 nitrogen and oxygen atoms in total. The number of hydrogen-bond acceptors (Lipinski definition) is 3. The molecule has 0 fully saturated rings. The first-order valence-corrected chi connectivity index (χ1v) is 10.3. The first kappa shape index (κ1) is 38.5. The van der Waals surface area contributed by atoms with Gasteiger partial charge < -0.3 is 5.73 Å². The van der Waals surface area contributed by atoms with Crippen molar-refractivity contribution in [3.63, 3.8) is 0 Å². The third-order valence-corrected chi connectivity index (χ3v) is 5.15. The van der Waals surface area contributed by atoms with Gasteiger partial charge in [-0.3, -0.25) is 4.55 Å². The smallest absolute Gasteiger partial charge is 0.327 e. The summed E-state index contributed by atoms with van der Waals surface area (Å²) in [4.78, 5) is 0. The Bertz CT molecular complexity index is 931. The molecule has 0 spiro atoms. The number of hydrogen-bond donors (Lipinski definition) is 2. The van der Waals surface area contributed by atoms with Crippen LogP contribution >= 0.6 is 0 Å². The van der Waals surface area contributed by atoms with E-state index in [1.54, 1.807) is 6.08 Å². The van der Waals surface area contributed by atoms with Crippen LogP contribution in [0.2, 0.25) is 0 Å². The van der Waals surface area contributed by atoms with Crippen LogP contribution in [0, 0.1) is 0 Å². The Morgan fingerprint density at radius 2 is 0.868 bits per heavy atom. The molecule has 0 heterocycles. The SMILES string of the molecule is C=CCN.CCCC(F)(F)C(F)(F)C(F)(F)C(F)(F)C(F)(F)C(F)(F)C(F)(F)C(F)(F)C(F)(F)S(=O)(=O)O. The average Bonchev–Trinajstić information content (AvgIpc) is 2.71. The monoisotopic (exact) mass is 631 g/mol. The van der Waals surface area contributed by atoms with E-state index in [-0.39, 0.29) is 0 Å². The van der Waals surface area contributed by atoms with E-state index in [1.807, 2.05) is 0 Å². The lowest BCUT2D eigenvalue weighted by Crippen LogP contribution is -2.76. The third-order valence-electron chi connectivity index (χ3n) is 4.25. The molecular weight excluding hydrogens is 616 g/mol. The van der Waals surface area contributed by atoms with E-state index < -0.39 is 75.6 Å². The zero-order valence-corrected chi connectivity index (χ0v) is 18.8. The van der Waals surface area contributed by atoms with Gasteiger partial charge in [0.2, 0.25) is 0 Å².